The van der Waals surface area contributed by atoms with Crippen molar-refractivity contribution in [3.8, 4) is 0 Å². The number of fused-ring (bicyclic) bond motifs is 1. The number of carbonyl (C=O) groups excluding carboxylic acids is 3. The van der Waals surface area contributed by atoms with Crippen molar-refractivity contribution in [2.45, 2.75) is 25.4 Å². The number of carbonyl (C=O) groups is 4. The van der Waals surface area contributed by atoms with Crippen molar-refractivity contribution in [2.24, 2.45) is 0 Å². The lowest BCUT2D eigenvalue weighted by Crippen LogP contribution is -2.54. The number of benzene rings is 1. The Morgan fingerprint density at radius 3 is 2.48 bits per heavy atom. The van der Waals surface area contributed by atoms with E-state index in [1.807, 2.05) is 30.3 Å². The quantitative estimate of drug-likeness (QED) is 0.785. The zero-order valence-corrected chi connectivity index (χ0v) is 13.6. The third-order valence-corrected chi connectivity index (χ3v) is 4.50. The van der Waals surface area contributed by atoms with Gasteiger partial charge in [-0.25, -0.2) is 4.79 Å². The number of piperazine rings is 1. The van der Waals surface area contributed by atoms with Gasteiger partial charge < -0.3 is 14.9 Å². The van der Waals surface area contributed by atoms with Gasteiger partial charge in [-0.05, 0) is 5.56 Å². The third-order valence-electron chi connectivity index (χ3n) is 4.50. The van der Waals surface area contributed by atoms with E-state index in [2.05, 4.69) is 0 Å². The maximum Gasteiger partial charge on any atom is 0.327 e. The fraction of sp³-hybridized carbons (Fsp3) is 0.412. The molecule has 0 aromatic heterocycles. The van der Waals surface area contributed by atoms with Crippen molar-refractivity contribution in [1.29, 1.82) is 0 Å². The van der Waals surface area contributed by atoms with Crippen molar-refractivity contribution in [1.82, 2.24) is 14.7 Å². The molecule has 1 aromatic carbocycles. The minimum absolute atomic E-state index is 0.0993. The monoisotopic (exact) mass is 345 g/mol. The molecule has 0 radical (unpaired) electrons. The van der Waals surface area contributed by atoms with Crippen LogP contribution >= 0.6 is 0 Å². The molecule has 1 N–H and O–H groups in total. The molecule has 132 valence electrons. The van der Waals surface area contributed by atoms with E-state index in [4.69, 9.17) is 5.11 Å². The molecule has 0 bridgehead atoms. The molecular weight excluding hydrogens is 326 g/mol. The second kappa shape index (κ2) is 6.92. The van der Waals surface area contributed by atoms with Crippen LogP contribution in [0, 0.1) is 0 Å². The molecule has 8 nitrogen and oxygen atoms in total. The Balaban J connectivity index is 1.66. The number of rotatable bonds is 5. The van der Waals surface area contributed by atoms with Crippen LogP contribution in [0.15, 0.2) is 30.3 Å². The summed E-state index contributed by atoms with van der Waals surface area (Å²) in [6.45, 7) is 0.916. The Labute approximate surface area is 144 Å². The van der Waals surface area contributed by atoms with Gasteiger partial charge in [-0.1, -0.05) is 30.3 Å². The first-order valence-electron chi connectivity index (χ1n) is 8.13. The van der Waals surface area contributed by atoms with Crippen LogP contribution in [0.2, 0.25) is 0 Å². The summed E-state index contributed by atoms with van der Waals surface area (Å²) >= 11 is 0. The van der Waals surface area contributed by atoms with E-state index in [1.54, 1.807) is 0 Å². The van der Waals surface area contributed by atoms with Gasteiger partial charge in [0.15, 0.2) is 0 Å². The predicted molar refractivity (Wildman–Crippen MR) is 86.3 cm³/mol. The van der Waals surface area contributed by atoms with E-state index >= 15 is 0 Å². The molecule has 0 aliphatic carbocycles. The normalized spacial score (nSPS) is 20.0. The molecule has 25 heavy (non-hydrogen) atoms. The number of carboxylic acid groups (broad SMARTS) is 1. The number of aliphatic carboxylic acids is 1. The Morgan fingerprint density at radius 1 is 1.08 bits per heavy atom. The topological polar surface area (TPSA) is 98.2 Å². The van der Waals surface area contributed by atoms with Crippen molar-refractivity contribution < 1.29 is 24.3 Å². The summed E-state index contributed by atoms with van der Waals surface area (Å²) in [5.74, 6) is -1.65. The van der Waals surface area contributed by atoms with E-state index in [1.165, 1.54) is 14.7 Å². The van der Waals surface area contributed by atoms with Gasteiger partial charge in [-0.15, -0.1) is 0 Å². The number of hydrogen-bond acceptors (Lipinski definition) is 4. The molecule has 8 heteroatoms. The van der Waals surface area contributed by atoms with Crippen LogP contribution in [0.4, 0.5) is 4.79 Å². The third kappa shape index (κ3) is 3.47. The number of amides is 4. The van der Waals surface area contributed by atoms with Gasteiger partial charge in [0.2, 0.25) is 5.91 Å². The molecule has 2 aliphatic heterocycles. The van der Waals surface area contributed by atoms with Gasteiger partial charge in [0.1, 0.15) is 6.04 Å². The van der Waals surface area contributed by atoms with E-state index < -0.39 is 12.0 Å². The Kier molecular flexibility index (Phi) is 4.69. The summed E-state index contributed by atoms with van der Waals surface area (Å²) in [6.07, 6.45) is -0.339. The molecule has 4 amide bonds. The molecule has 2 saturated heterocycles. The largest absolute Gasteiger partial charge is 0.481 e. The lowest BCUT2D eigenvalue weighted by Gasteiger charge is -2.35. The van der Waals surface area contributed by atoms with Gasteiger partial charge in [0.25, 0.3) is 5.91 Å². The van der Waals surface area contributed by atoms with Crippen LogP contribution in [0.5, 0.6) is 0 Å². The smallest absolute Gasteiger partial charge is 0.327 e. The second-order valence-corrected chi connectivity index (χ2v) is 6.14. The van der Waals surface area contributed by atoms with Crippen molar-refractivity contribution in [2.75, 3.05) is 19.6 Å². The molecule has 3 rings (SSSR count). The minimum Gasteiger partial charge on any atom is -0.481 e. The van der Waals surface area contributed by atoms with Crippen LogP contribution < -0.4 is 0 Å². The van der Waals surface area contributed by atoms with Crippen LogP contribution in [-0.4, -0.2) is 69.3 Å². The highest BCUT2D eigenvalue weighted by atomic mass is 16.4. The number of urea groups is 1. The van der Waals surface area contributed by atoms with Crippen LogP contribution in [0.3, 0.4) is 0 Å². The molecule has 0 spiro atoms. The van der Waals surface area contributed by atoms with Crippen molar-refractivity contribution >= 4 is 23.8 Å². The second-order valence-electron chi connectivity index (χ2n) is 6.14. The van der Waals surface area contributed by atoms with Crippen LogP contribution in [0.1, 0.15) is 18.4 Å². The molecule has 1 atom stereocenters. The Bertz CT molecular complexity index is 705. The first-order valence-corrected chi connectivity index (χ1v) is 8.13. The first-order chi connectivity index (χ1) is 12.0. The first kappa shape index (κ1) is 16.9. The number of imide groups is 1. The van der Waals surface area contributed by atoms with Crippen LogP contribution in [0.25, 0.3) is 0 Å². The molecule has 0 unspecified atom stereocenters. The van der Waals surface area contributed by atoms with E-state index in [-0.39, 0.29) is 50.3 Å². The SMILES string of the molecule is O=C(O)CCC(=O)N1CCN2C(=O)N(Cc3ccccc3)C(=O)[C@@H]2C1. The molecule has 1 aromatic rings. The van der Waals surface area contributed by atoms with Gasteiger partial charge >= 0.3 is 12.0 Å². The summed E-state index contributed by atoms with van der Waals surface area (Å²) in [5, 5.41) is 8.68. The zero-order valence-electron chi connectivity index (χ0n) is 13.6. The Hall–Kier alpha value is -2.90. The summed E-state index contributed by atoms with van der Waals surface area (Å²) in [6, 6.07) is 8.23. The maximum absolute atomic E-state index is 12.6. The fourth-order valence-corrected chi connectivity index (χ4v) is 3.16. The zero-order chi connectivity index (χ0) is 18.0. The highest BCUT2D eigenvalue weighted by Gasteiger charge is 2.48. The van der Waals surface area contributed by atoms with Gasteiger partial charge in [0, 0.05) is 19.5 Å². The standard InChI is InChI=1S/C17H19N3O5/c21-14(6-7-15(22)23)18-8-9-19-13(11-18)16(24)20(17(19)25)10-12-4-2-1-3-5-12/h1-5,13H,6-11H2,(H,22,23)/t13-/m0/s1. The van der Waals surface area contributed by atoms with Gasteiger partial charge in [0.05, 0.1) is 19.5 Å². The number of hydrogen-bond donors (Lipinski definition) is 1. The average Bonchev–Trinajstić information content (AvgIpc) is 2.85. The lowest BCUT2D eigenvalue weighted by atomic mass is 10.1. The molecule has 0 saturated carbocycles. The highest BCUT2D eigenvalue weighted by molar-refractivity contribution is 6.04. The predicted octanol–water partition coefficient (Wildman–Crippen LogP) is 0.526. The molecule has 2 aliphatic rings. The van der Waals surface area contributed by atoms with Crippen molar-refractivity contribution in [3.05, 3.63) is 35.9 Å². The number of carboxylic acids is 1. The average molecular weight is 345 g/mol. The van der Waals surface area contributed by atoms with Gasteiger partial charge in [-0.3, -0.25) is 19.3 Å². The van der Waals surface area contributed by atoms with E-state index in [9.17, 15) is 19.2 Å². The highest BCUT2D eigenvalue weighted by Crippen LogP contribution is 2.24. The van der Waals surface area contributed by atoms with Crippen LogP contribution in [-0.2, 0) is 20.9 Å². The lowest BCUT2D eigenvalue weighted by molar-refractivity contribution is -0.142. The van der Waals surface area contributed by atoms with Crippen molar-refractivity contribution in [3.63, 3.8) is 0 Å². The molecular formula is C17H19N3O5. The summed E-state index contributed by atoms with van der Waals surface area (Å²) in [7, 11) is 0. The van der Waals surface area contributed by atoms with Gasteiger partial charge in [-0.2, -0.15) is 0 Å². The molecule has 2 fully saturated rings. The summed E-state index contributed by atoms with van der Waals surface area (Å²) in [4.78, 5) is 52.0. The van der Waals surface area contributed by atoms with E-state index in [0.29, 0.717) is 6.54 Å². The summed E-state index contributed by atoms with van der Waals surface area (Å²) < 4.78 is 0. The molecule has 2 heterocycles. The number of nitrogens with zero attached hydrogens (tertiary/aromatic N) is 3. The fourth-order valence-electron chi connectivity index (χ4n) is 3.16. The van der Waals surface area contributed by atoms with E-state index in [0.717, 1.165) is 5.56 Å². The summed E-state index contributed by atoms with van der Waals surface area (Å²) in [5.41, 5.74) is 0.860. The maximum atomic E-state index is 12.6. The Morgan fingerprint density at radius 2 is 1.80 bits per heavy atom. The minimum atomic E-state index is -1.03.